The van der Waals surface area contributed by atoms with Crippen molar-refractivity contribution < 1.29 is 28.9 Å². The second-order valence-electron chi connectivity index (χ2n) is 7.46. The highest BCUT2D eigenvalue weighted by Crippen LogP contribution is 2.40. The van der Waals surface area contributed by atoms with Gasteiger partial charge in [0.25, 0.3) is 11.8 Å². The number of aliphatic carboxylic acids is 1. The molecule has 0 aliphatic carbocycles. The maximum atomic E-state index is 13.0. The number of carbonyl (C=O) groups is 3. The van der Waals surface area contributed by atoms with Gasteiger partial charge < -0.3 is 30.8 Å². The van der Waals surface area contributed by atoms with Crippen molar-refractivity contribution in [3.05, 3.63) is 41.8 Å². The number of imidazole rings is 1. The second kappa shape index (κ2) is 8.95. The summed E-state index contributed by atoms with van der Waals surface area (Å²) < 4.78 is 5.73. The first kappa shape index (κ1) is 22.7. The number of H-pyrrole nitrogens is 1. The highest BCUT2D eigenvalue weighted by Gasteiger charge is 2.53. The van der Waals surface area contributed by atoms with Gasteiger partial charge in [0.2, 0.25) is 17.9 Å². The van der Waals surface area contributed by atoms with E-state index in [0.29, 0.717) is 17.0 Å². The number of pyridine rings is 1. The van der Waals surface area contributed by atoms with E-state index in [2.05, 4.69) is 29.8 Å². The molecule has 2 amide bonds. The van der Waals surface area contributed by atoms with E-state index in [1.54, 1.807) is 17.1 Å². The average Bonchev–Trinajstić information content (AvgIpc) is 3.49. The van der Waals surface area contributed by atoms with Crippen LogP contribution in [0.2, 0.25) is 0 Å². The van der Waals surface area contributed by atoms with Crippen molar-refractivity contribution in [2.24, 2.45) is 5.16 Å². The van der Waals surface area contributed by atoms with Crippen molar-refractivity contribution in [3.8, 4) is 0 Å². The molecule has 1 fully saturated rings. The van der Waals surface area contributed by atoms with Crippen LogP contribution in [0.15, 0.2) is 41.1 Å². The van der Waals surface area contributed by atoms with Gasteiger partial charge in [-0.15, -0.1) is 11.8 Å². The van der Waals surface area contributed by atoms with E-state index in [-0.39, 0.29) is 28.9 Å². The van der Waals surface area contributed by atoms with Crippen molar-refractivity contribution in [1.29, 1.82) is 0 Å². The Morgan fingerprint density at radius 3 is 3.03 bits per heavy atom. The molecule has 0 bridgehead atoms. The lowest BCUT2D eigenvalue weighted by atomic mass is 10.0. The number of nitrogens with two attached hydrogens (primary N) is 1. The molecule has 2 unspecified atom stereocenters. The number of aromatic nitrogens is 5. The number of β-lactam (4-membered cyclic amide) rings is 1. The summed E-state index contributed by atoms with van der Waals surface area (Å²) in [4.78, 5) is 54.9. The third-order valence-corrected chi connectivity index (χ3v) is 7.27. The number of nitrogens with one attached hydrogen (secondary N) is 2. The Morgan fingerprint density at radius 1 is 1.49 bits per heavy atom. The van der Waals surface area contributed by atoms with Crippen LogP contribution in [-0.2, 0) is 25.8 Å². The van der Waals surface area contributed by atoms with Crippen LogP contribution in [-0.4, -0.2) is 72.0 Å². The average molecular weight is 516 g/mol. The number of fused-ring (bicyclic) bond motifs is 2. The molecule has 180 valence electrons. The van der Waals surface area contributed by atoms with Crippen molar-refractivity contribution in [3.63, 3.8) is 0 Å². The molecular formula is C19H17N9O5S2. The van der Waals surface area contributed by atoms with Gasteiger partial charge in [0, 0.05) is 22.9 Å². The number of carbonyl (C=O) groups excluding carboxylic acids is 3. The van der Waals surface area contributed by atoms with E-state index in [1.165, 1.54) is 18.9 Å². The van der Waals surface area contributed by atoms with Gasteiger partial charge in [-0.25, -0.2) is 4.57 Å². The number of carboxylic acids is 1. The van der Waals surface area contributed by atoms with Crippen LogP contribution in [0, 0.1) is 0 Å². The van der Waals surface area contributed by atoms with Crippen LogP contribution < -0.4 is 20.7 Å². The Labute approximate surface area is 205 Å². The summed E-state index contributed by atoms with van der Waals surface area (Å²) in [6.45, 7) is 0.202. The summed E-state index contributed by atoms with van der Waals surface area (Å²) >= 11 is 2.20. The largest absolute Gasteiger partial charge is 0.543 e. The predicted molar refractivity (Wildman–Crippen MR) is 121 cm³/mol. The Morgan fingerprint density at radius 2 is 2.31 bits per heavy atom. The van der Waals surface area contributed by atoms with Crippen LogP contribution in [0.4, 0.5) is 5.13 Å². The minimum Gasteiger partial charge on any atom is -0.543 e. The molecule has 2 aliphatic heterocycles. The second-order valence-corrected chi connectivity index (χ2v) is 9.34. The monoisotopic (exact) mass is 515 g/mol. The number of hydrogen-bond acceptors (Lipinski definition) is 12. The fourth-order valence-corrected chi connectivity index (χ4v) is 5.67. The summed E-state index contributed by atoms with van der Waals surface area (Å²) in [5, 5.41) is 17.8. The highest BCUT2D eigenvalue weighted by atomic mass is 32.2. The zero-order valence-electron chi connectivity index (χ0n) is 18.0. The van der Waals surface area contributed by atoms with Crippen LogP contribution in [0.5, 0.6) is 0 Å². The Kier molecular flexibility index (Phi) is 5.81. The van der Waals surface area contributed by atoms with Gasteiger partial charge in [0.15, 0.2) is 5.13 Å². The van der Waals surface area contributed by atoms with Crippen molar-refractivity contribution in [2.75, 3.05) is 18.6 Å². The maximum absolute atomic E-state index is 13.0. The van der Waals surface area contributed by atoms with Crippen molar-refractivity contribution >= 4 is 63.1 Å². The number of aromatic amines is 1. The molecule has 4 N–H and O–H groups in total. The molecule has 5 heterocycles. The van der Waals surface area contributed by atoms with Gasteiger partial charge in [-0.05, 0) is 17.1 Å². The van der Waals surface area contributed by atoms with E-state index >= 15 is 0 Å². The fourth-order valence-electron chi connectivity index (χ4n) is 3.90. The van der Waals surface area contributed by atoms with E-state index in [0.717, 1.165) is 21.9 Å². The number of nitrogens with zero attached hydrogens (tertiary/aromatic N) is 6. The maximum Gasteiger partial charge on any atom is 0.348 e. The van der Waals surface area contributed by atoms with Crippen molar-refractivity contribution in [2.45, 2.75) is 18.0 Å². The van der Waals surface area contributed by atoms with Gasteiger partial charge in [0.05, 0.1) is 17.9 Å². The summed E-state index contributed by atoms with van der Waals surface area (Å²) in [6, 6.07) is 2.67. The number of hydrogen-bond donors (Lipinski definition) is 3. The molecule has 2 atom stereocenters. The molecule has 0 spiro atoms. The third kappa shape index (κ3) is 3.95. The minimum absolute atomic E-state index is 0.0473. The van der Waals surface area contributed by atoms with E-state index in [4.69, 9.17) is 10.6 Å². The van der Waals surface area contributed by atoms with E-state index < -0.39 is 29.2 Å². The Hall–Kier alpha value is -4.05. The van der Waals surface area contributed by atoms with E-state index in [1.807, 2.05) is 12.1 Å². The summed E-state index contributed by atoms with van der Waals surface area (Å²) in [5.74, 6) is -2.55. The normalized spacial score (nSPS) is 20.0. The highest BCUT2D eigenvalue weighted by molar-refractivity contribution is 8.00. The molecule has 2 aliphatic rings. The minimum atomic E-state index is -1.47. The van der Waals surface area contributed by atoms with Crippen LogP contribution in [0.25, 0.3) is 11.2 Å². The van der Waals surface area contributed by atoms with E-state index in [9.17, 15) is 19.5 Å². The summed E-state index contributed by atoms with van der Waals surface area (Å²) in [5.41, 5.74) is 7.04. The molecule has 5 rings (SSSR count). The molecule has 1 saturated heterocycles. The zero-order chi connectivity index (χ0) is 24.7. The molecule has 3 aromatic rings. The first-order valence-electron chi connectivity index (χ1n) is 10.1. The van der Waals surface area contributed by atoms with Gasteiger partial charge >= 0.3 is 5.65 Å². The molecule has 0 aromatic carbocycles. The van der Waals surface area contributed by atoms with Crippen molar-refractivity contribution in [1.82, 2.24) is 29.5 Å². The number of thioether (sulfide) groups is 1. The van der Waals surface area contributed by atoms with Gasteiger partial charge in [-0.1, -0.05) is 5.16 Å². The number of rotatable bonds is 7. The molecule has 14 nitrogen and oxygen atoms in total. The topological polar surface area (TPSA) is 195 Å². The van der Waals surface area contributed by atoms with Gasteiger partial charge in [-0.3, -0.25) is 14.5 Å². The van der Waals surface area contributed by atoms with Crippen LogP contribution in [0.3, 0.4) is 0 Å². The third-order valence-electron chi connectivity index (χ3n) is 5.39. The Bertz CT molecular complexity index is 1410. The molecular weight excluding hydrogens is 498 g/mol. The number of anilines is 1. The van der Waals surface area contributed by atoms with Crippen LogP contribution in [0.1, 0.15) is 5.82 Å². The lowest BCUT2D eigenvalue weighted by molar-refractivity contribution is -0.664. The molecule has 35 heavy (non-hydrogen) atoms. The van der Waals surface area contributed by atoms with Gasteiger partial charge in [0.1, 0.15) is 30.6 Å². The number of oxime groups is 1. The quantitative estimate of drug-likeness (QED) is 0.134. The SMILES string of the molecule is CO/N=C(\C(=O)NC1C(=O)N2C(C(=O)[O-])=C(C[n+]3cccc4[nH]cnc43)CSC12)c1nsc(N)n1. The first-order chi connectivity index (χ1) is 16.9. The lowest BCUT2D eigenvalue weighted by Crippen LogP contribution is -2.71. The lowest BCUT2D eigenvalue weighted by Gasteiger charge is -2.50. The zero-order valence-corrected chi connectivity index (χ0v) is 19.6. The molecule has 16 heteroatoms. The molecule has 0 radical (unpaired) electrons. The molecule has 3 aromatic heterocycles. The number of carboxylic acid groups (broad SMARTS) is 1. The number of amides is 2. The smallest absolute Gasteiger partial charge is 0.348 e. The molecule has 0 saturated carbocycles. The summed E-state index contributed by atoms with van der Waals surface area (Å²) in [6.07, 6.45) is 3.32. The first-order valence-corrected chi connectivity index (χ1v) is 11.9. The Balaban J connectivity index is 1.38. The van der Waals surface area contributed by atoms with Gasteiger partial charge in [-0.2, -0.15) is 9.36 Å². The fraction of sp³-hybridized carbons (Fsp3) is 0.263. The standard InChI is InChI=1S/C19H17N9O5S2/c1-33-25-10(13-24-19(20)35-26-13)15(29)23-11-16(30)28-12(18(31)32)8(6-34-17(11)28)5-27-4-2-3-9-14(27)22-7-21-9/h2-4,7,11,17H,5-6H2,1H3,(H4,20,23,24,26,29,31,32)/b25-10-. The summed E-state index contributed by atoms with van der Waals surface area (Å²) in [7, 11) is 1.25. The van der Waals surface area contributed by atoms with Crippen LogP contribution >= 0.6 is 23.3 Å². The predicted octanol–water partition coefficient (Wildman–Crippen LogP) is -2.26. The number of nitrogen functional groups attached to an aromatic ring is 1.